The van der Waals surface area contributed by atoms with Crippen molar-refractivity contribution in [2.75, 3.05) is 0 Å². The SMILES string of the molecule is C[C](C)C(=O)OC(c1ccccc1)(c1ccccc1)c1ccccc1. The zero-order valence-electron chi connectivity index (χ0n) is 14.5. The summed E-state index contributed by atoms with van der Waals surface area (Å²) in [5, 5.41) is 0. The fraction of sp³-hybridized carbons (Fsp3) is 0.130. The van der Waals surface area contributed by atoms with Crippen LogP contribution in [0.5, 0.6) is 0 Å². The Balaban J connectivity index is 2.29. The Labute approximate surface area is 149 Å². The number of rotatable bonds is 5. The zero-order chi connectivity index (χ0) is 17.7. The summed E-state index contributed by atoms with van der Waals surface area (Å²) < 4.78 is 6.18. The fourth-order valence-electron chi connectivity index (χ4n) is 2.94. The second-order valence-electron chi connectivity index (χ2n) is 6.17. The topological polar surface area (TPSA) is 26.3 Å². The molecule has 0 atom stereocenters. The summed E-state index contributed by atoms with van der Waals surface area (Å²) >= 11 is 0. The van der Waals surface area contributed by atoms with Gasteiger partial charge in [-0.15, -0.1) is 0 Å². The molecule has 0 aliphatic carbocycles. The van der Waals surface area contributed by atoms with Gasteiger partial charge in [0.05, 0.1) is 5.92 Å². The number of ether oxygens (including phenoxy) is 1. The number of benzene rings is 3. The highest BCUT2D eigenvalue weighted by Gasteiger charge is 2.40. The number of hydrogen-bond donors (Lipinski definition) is 0. The van der Waals surface area contributed by atoms with Crippen LogP contribution in [0.3, 0.4) is 0 Å². The van der Waals surface area contributed by atoms with Crippen molar-refractivity contribution < 1.29 is 9.53 Å². The van der Waals surface area contributed by atoms with Gasteiger partial charge in [0.1, 0.15) is 0 Å². The van der Waals surface area contributed by atoms with E-state index in [4.69, 9.17) is 4.74 Å². The zero-order valence-corrected chi connectivity index (χ0v) is 14.5. The minimum Gasteiger partial charge on any atom is -0.444 e. The third-order valence-corrected chi connectivity index (χ3v) is 4.19. The van der Waals surface area contributed by atoms with Crippen LogP contribution in [-0.2, 0) is 15.1 Å². The largest absolute Gasteiger partial charge is 0.444 e. The van der Waals surface area contributed by atoms with E-state index in [2.05, 4.69) is 0 Å². The Hall–Kier alpha value is -2.87. The lowest BCUT2D eigenvalue weighted by molar-refractivity contribution is -0.150. The minimum absolute atomic E-state index is 0.309. The monoisotopic (exact) mass is 329 g/mol. The number of hydrogen-bond acceptors (Lipinski definition) is 2. The molecule has 3 aromatic rings. The van der Waals surface area contributed by atoms with E-state index in [-0.39, 0.29) is 5.97 Å². The van der Waals surface area contributed by atoms with Crippen LogP contribution in [0, 0.1) is 5.92 Å². The molecule has 1 radical (unpaired) electrons. The van der Waals surface area contributed by atoms with Gasteiger partial charge in [-0.25, -0.2) is 0 Å². The molecule has 0 heterocycles. The first-order valence-corrected chi connectivity index (χ1v) is 8.34. The van der Waals surface area contributed by atoms with Gasteiger partial charge in [-0.1, -0.05) is 91.0 Å². The molecule has 0 bridgehead atoms. The number of carbonyl (C=O) groups excluding carboxylic acids is 1. The van der Waals surface area contributed by atoms with E-state index in [0.29, 0.717) is 5.92 Å². The summed E-state index contributed by atoms with van der Waals surface area (Å²) in [6.07, 6.45) is 0. The lowest BCUT2D eigenvalue weighted by atomic mass is 9.80. The maximum atomic E-state index is 12.6. The summed E-state index contributed by atoms with van der Waals surface area (Å²) in [5.74, 6) is 0.309. The quantitative estimate of drug-likeness (QED) is 0.479. The molecule has 0 unspecified atom stereocenters. The van der Waals surface area contributed by atoms with E-state index in [0.717, 1.165) is 16.7 Å². The second-order valence-corrected chi connectivity index (χ2v) is 6.17. The van der Waals surface area contributed by atoms with E-state index >= 15 is 0 Å². The first kappa shape index (κ1) is 17.0. The van der Waals surface area contributed by atoms with Gasteiger partial charge in [0.25, 0.3) is 0 Å². The molecule has 3 aromatic carbocycles. The molecular formula is C23H21O2. The molecule has 2 nitrogen and oxygen atoms in total. The maximum Gasteiger partial charge on any atom is 0.314 e. The Morgan fingerprint density at radius 1 is 0.640 bits per heavy atom. The van der Waals surface area contributed by atoms with E-state index in [1.807, 2.05) is 91.0 Å². The van der Waals surface area contributed by atoms with Crippen molar-refractivity contribution in [3.8, 4) is 0 Å². The van der Waals surface area contributed by atoms with E-state index in [1.165, 1.54) is 0 Å². The number of esters is 1. The average molecular weight is 329 g/mol. The summed E-state index contributed by atoms with van der Waals surface area (Å²) in [4.78, 5) is 12.6. The molecule has 3 rings (SSSR count). The van der Waals surface area contributed by atoms with Crippen molar-refractivity contribution in [1.29, 1.82) is 0 Å². The van der Waals surface area contributed by atoms with Crippen LogP contribution in [-0.4, -0.2) is 5.97 Å². The molecule has 0 aromatic heterocycles. The predicted octanol–water partition coefficient (Wildman–Crippen LogP) is 5.14. The first-order valence-electron chi connectivity index (χ1n) is 8.34. The van der Waals surface area contributed by atoms with Gasteiger partial charge in [-0.2, -0.15) is 0 Å². The smallest absolute Gasteiger partial charge is 0.314 e. The highest BCUT2D eigenvalue weighted by molar-refractivity contribution is 5.84. The predicted molar refractivity (Wildman–Crippen MR) is 99.9 cm³/mol. The lowest BCUT2D eigenvalue weighted by Gasteiger charge is -2.35. The molecule has 0 fully saturated rings. The summed E-state index contributed by atoms with van der Waals surface area (Å²) in [7, 11) is 0. The molecule has 2 heteroatoms. The summed E-state index contributed by atoms with van der Waals surface area (Å²) in [6, 6.07) is 29.7. The molecular weight excluding hydrogens is 308 g/mol. The molecule has 0 N–H and O–H groups in total. The van der Waals surface area contributed by atoms with Crippen molar-refractivity contribution in [1.82, 2.24) is 0 Å². The van der Waals surface area contributed by atoms with Crippen molar-refractivity contribution in [2.45, 2.75) is 19.4 Å². The molecule has 0 amide bonds. The van der Waals surface area contributed by atoms with Gasteiger partial charge in [-0.05, 0) is 13.8 Å². The van der Waals surface area contributed by atoms with Crippen LogP contribution < -0.4 is 0 Å². The maximum absolute atomic E-state index is 12.6. The third kappa shape index (κ3) is 3.34. The van der Waals surface area contributed by atoms with Crippen LogP contribution in [0.4, 0.5) is 0 Å². The fourth-order valence-corrected chi connectivity index (χ4v) is 2.94. The lowest BCUT2D eigenvalue weighted by Crippen LogP contribution is -2.36. The van der Waals surface area contributed by atoms with Crippen LogP contribution in [0.2, 0.25) is 0 Å². The van der Waals surface area contributed by atoms with E-state index in [1.54, 1.807) is 13.8 Å². The molecule has 25 heavy (non-hydrogen) atoms. The van der Waals surface area contributed by atoms with Crippen LogP contribution in [0.25, 0.3) is 0 Å². The molecule has 0 aliphatic rings. The van der Waals surface area contributed by atoms with Gasteiger partial charge in [0.2, 0.25) is 0 Å². The summed E-state index contributed by atoms with van der Waals surface area (Å²) in [6.45, 7) is 3.54. The second kappa shape index (κ2) is 7.35. The Morgan fingerprint density at radius 3 is 1.24 bits per heavy atom. The van der Waals surface area contributed by atoms with E-state index in [9.17, 15) is 4.79 Å². The Kier molecular flexibility index (Phi) is 4.99. The van der Waals surface area contributed by atoms with Gasteiger partial charge < -0.3 is 4.74 Å². The molecule has 125 valence electrons. The Morgan fingerprint density at radius 2 is 0.960 bits per heavy atom. The van der Waals surface area contributed by atoms with Crippen molar-refractivity contribution in [2.24, 2.45) is 0 Å². The normalized spacial score (nSPS) is 11.3. The first-order chi connectivity index (χ1) is 12.1. The van der Waals surface area contributed by atoms with Crippen LogP contribution in [0.1, 0.15) is 30.5 Å². The molecule has 0 aliphatic heterocycles. The summed E-state index contributed by atoms with van der Waals surface area (Å²) in [5.41, 5.74) is 1.77. The highest BCUT2D eigenvalue weighted by atomic mass is 16.6. The highest BCUT2D eigenvalue weighted by Crippen LogP contribution is 2.41. The van der Waals surface area contributed by atoms with Crippen LogP contribution in [0.15, 0.2) is 91.0 Å². The standard InChI is InChI=1S/C23H21O2/c1-18(2)22(24)25-23(19-12-6-3-7-13-19,20-14-8-4-9-15-20)21-16-10-5-11-17-21/h3-17H,1-2H3. The van der Waals surface area contributed by atoms with Gasteiger partial charge in [-0.3, -0.25) is 4.79 Å². The third-order valence-electron chi connectivity index (χ3n) is 4.19. The van der Waals surface area contributed by atoms with Gasteiger partial charge in [0, 0.05) is 16.7 Å². The average Bonchev–Trinajstić information content (AvgIpc) is 2.68. The van der Waals surface area contributed by atoms with Gasteiger partial charge in [0.15, 0.2) is 5.60 Å². The molecule has 0 saturated heterocycles. The van der Waals surface area contributed by atoms with Crippen molar-refractivity contribution in [3.63, 3.8) is 0 Å². The van der Waals surface area contributed by atoms with Gasteiger partial charge >= 0.3 is 5.97 Å². The molecule has 0 spiro atoms. The van der Waals surface area contributed by atoms with Crippen molar-refractivity contribution in [3.05, 3.63) is 114 Å². The van der Waals surface area contributed by atoms with Crippen molar-refractivity contribution >= 4 is 5.97 Å². The number of carbonyl (C=O) groups is 1. The molecule has 0 saturated carbocycles. The van der Waals surface area contributed by atoms with Crippen LogP contribution >= 0.6 is 0 Å². The van der Waals surface area contributed by atoms with E-state index < -0.39 is 5.60 Å². The minimum atomic E-state index is -0.988. The Bertz CT molecular complexity index is 712.